The second kappa shape index (κ2) is 21.0. The number of furan rings is 1. The Labute approximate surface area is 394 Å². The van der Waals surface area contributed by atoms with Crippen molar-refractivity contribution in [3.8, 4) is 21.7 Å². The van der Waals surface area contributed by atoms with E-state index in [1.807, 2.05) is 91.0 Å². The zero-order chi connectivity index (χ0) is 47.1. The summed E-state index contributed by atoms with van der Waals surface area (Å²) in [6.45, 7) is 11.1. The van der Waals surface area contributed by atoms with E-state index < -0.39 is 29.4 Å². The molecule has 352 valence electrons. The van der Waals surface area contributed by atoms with E-state index >= 15 is 0 Å². The van der Waals surface area contributed by atoms with Crippen molar-refractivity contribution in [3.63, 3.8) is 0 Å². The Hall–Kier alpha value is -6.46. The average molecular weight is 929 g/mol. The minimum absolute atomic E-state index is 0.00515. The van der Waals surface area contributed by atoms with E-state index in [-0.39, 0.29) is 43.5 Å². The first kappa shape index (κ1) is 47.0. The Morgan fingerprint density at radius 3 is 2.31 bits per heavy atom. The number of likely N-dealkylation sites (tertiary alicyclic amines) is 1. The highest BCUT2D eigenvalue weighted by Gasteiger charge is 2.46. The number of nitrogens with one attached hydrogen (secondary N) is 2. The summed E-state index contributed by atoms with van der Waals surface area (Å²) in [5.41, 5.74) is 7.45. The van der Waals surface area contributed by atoms with Crippen LogP contribution in [-0.4, -0.2) is 108 Å². The number of aryl methyl sites for hydroxylation is 1. The number of ketones is 1. The van der Waals surface area contributed by atoms with Crippen LogP contribution in [0, 0.1) is 18.3 Å². The van der Waals surface area contributed by atoms with E-state index in [0.717, 1.165) is 82.6 Å². The molecule has 2 fully saturated rings. The Kier molecular flexibility index (Phi) is 14.8. The molecule has 6 aromatic rings. The van der Waals surface area contributed by atoms with Crippen molar-refractivity contribution in [2.24, 2.45) is 11.3 Å². The lowest BCUT2D eigenvalue weighted by atomic mass is 9.76. The maximum atomic E-state index is 14.1. The number of anilines is 2. The summed E-state index contributed by atoms with van der Waals surface area (Å²) in [5, 5.41) is 25.4. The highest BCUT2D eigenvalue weighted by Crippen LogP contribution is 2.34. The van der Waals surface area contributed by atoms with Gasteiger partial charge in [-0.15, -0.1) is 21.5 Å². The van der Waals surface area contributed by atoms with Crippen LogP contribution in [0.5, 0.6) is 0 Å². The highest BCUT2D eigenvalue weighted by atomic mass is 32.1. The number of aromatic nitrogens is 5. The Morgan fingerprint density at radius 2 is 1.63 bits per heavy atom. The molecule has 3 atom stereocenters. The normalized spacial score (nSPS) is 16.9. The molecule has 0 saturated carbocycles. The maximum absolute atomic E-state index is 14.1. The summed E-state index contributed by atoms with van der Waals surface area (Å²) in [5.74, 6) is -0.164. The number of hydrogen-bond donors (Lipinski definition) is 3. The van der Waals surface area contributed by atoms with Crippen molar-refractivity contribution in [1.29, 1.82) is 0 Å². The van der Waals surface area contributed by atoms with Crippen molar-refractivity contribution in [3.05, 3.63) is 102 Å². The van der Waals surface area contributed by atoms with E-state index in [2.05, 4.69) is 42.8 Å². The number of aliphatic hydroxyl groups excluding tert-OH is 1. The lowest BCUT2D eigenvalue weighted by molar-refractivity contribution is -0.149. The minimum Gasteiger partial charge on any atom is -0.467 e. The molecule has 0 aliphatic carbocycles. The molecule has 2 aromatic carbocycles. The molecule has 3 amide bonds. The topological polar surface area (TPSA) is 191 Å². The van der Waals surface area contributed by atoms with Gasteiger partial charge >= 0.3 is 0 Å². The number of aliphatic hydroxyl groups is 1. The van der Waals surface area contributed by atoms with Crippen LogP contribution in [0.2, 0.25) is 0 Å². The van der Waals surface area contributed by atoms with Crippen LogP contribution >= 0.6 is 11.3 Å². The van der Waals surface area contributed by atoms with Crippen molar-refractivity contribution in [2.75, 3.05) is 42.9 Å². The van der Waals surface area contributed by atoms with Gasteiger partial charge < -0.3 is 34.9 Å². The lowest BCUT2D eigenvalue weighted by Gasteiger charge is -2.36. The predicted molar refractivity (Wildman–Crippen MR) is 257 cm³/mol. The summed E-state index contributed by atoms with van der Waals surface area (Å²) in [6, 6.07) is 19.0. The summed E-state index contributed by atoms with van der Waals surface area (Å²) in [6.07, 6.45) is 7.90. The number of unbranched alkanes of at least 4 members (excludes halogenated alkanes) is 3. The lowest BCUT2D eigenvalue weighted by Crippen LogP contribution is -2.51. The molecule has 0 spiro atoms. The Morgan fingerprint density at radius 1 is 0.896 bits per heavy atom. The second-order valence-electron chi connectivity index (χ2n) is 18.6. The zero-order valence-corrected chi connectivity index (χ0v) is 39.5. The van der Waals surface area contributed by atoms with E-state index in [1.54, 1.807) is 30.1 Å². The molecule has 4 aromatic heterocycles. The number of Topliss-reactive ketones (excluding diaryl/α,β-unsaturated/α-hetero) is 1. The van der Waals surface area contributed by atoms with Gasteiger partial charge in [-0.2, -0.15) is 0 Å². The summed E-state index contributed by atoms with van der Waals surface area (Å²) < 4.78 is 7.31. The van der Waals surface area contributed by atoms with E-state index in [1.165, 1.54) is 4.90 Å². The van der Waals surface area contributed by atoms with Gasteiger partial charge in [-0.05, 0) is 60.6 Å². The number of benzene rings is 2. The minimum atomic E-state index is -0.948. The average Bonchev–Trinajstić information content (AvgIpc) is 4.17. The Balaban J connectivity index is 0.750. The number of β-amino-alcohol motifs (C(OH)–C–C–N with tert-alkyl or cyclic N) is 1. The number of rotatable bonds is 18. The molecule has 17 heteroatoms. The fraction of sp³-hybridized carbons (Fsp3) is 0.440. The first-order valence-electron chi connectivity index (χ1n) is 23.2. The van der Waals surface area contributed by atoms with Crippen molar-refractivity contribution >= 4 is 52.0 Å². The molecule has 16 nitrogen and oxygen atoms in total. The van der Waals surface area contributed by atoms with Crippen LogP contribution < -0.4 is 15.5 Å². The summed E-state index contributed by atoms with van der Waals surface area (Å²) in [4.78, 5) is 70.3. The summed E-state index contributed by atoms with van der Waals surface area (Å²) >= 11 is 1.58. The summed E-state index contributed by atoms with van der Waals surface area (Å²) in [7, 11) is 0. The number of amides is 3. The SMILES string of the molecule is Cc1ncsc1-c1ccc(CNC(=O)[C@@H]2C[C@@H](O)CN2C(=O)[C@H](C(=O)CCCCCCC(=O)N2CCN(c3ccc(-c4ncc(NCc5ccco5)n5cnnc45)cc3)CC2)C(C)(C)C)cc1. The molecule has 0 unspecified atom stereocenters. The molecule has 0 radical (unpaired) electrons. The molecule has 2 aliphatic heterocycles. The number of carbonyl (C=O) groups is 4. The molecule has 2 aliphatic rings. The van der Waals surface area contributed by atoms with Gasteiger partial charge in [0.15, 0.2) is 5.65 Å². The van der Waals surface area contributed by atoms with Gasteiger partial charge in [-0.1, -0.05) is 70.0 Å². The highest BCUT2D eigenvalue weighted by molar-refractivity contribution is 7.13. The van der Waals surface area contributed by atoms with Gasteiger partial charge in [-0.25, -0.2) is 9.97 Å². The van der Waals surface area contributed by atoms with Crippen LogP contribution in [0.1, 0.15) is 82.7 Å². The van der Waals surface area contributed by atoms with Crippen LogP contribution in [-0.2, 0) is 32.3 Å². The number of thiazole rings is 1. The third kappa shape index (κ3) is 11.2. The van der Waals surface area contributed by atoms with Gasteiger partial charge in [0.2, 0.25) is 17.7 Å². The van der Waals surface area contributed by atoms with Crippen LogP contribution in [0.4, 0.5) is 11.5 Å². The van der Waals surface area contributed by atoms with E-state index in [9.17, 15) is 24.3 Å². The number of fused-ring (bicyclic) bond motifs is 1. The maximum Gasteiger partial charge on any atom is 0.243 e. The van der Waals surface area contributed by atoms with Gasteiger partial charge in [-0.3, -0.25) is 23.6 Å². The van der Waals surface area contributed by atoms with Gasteiger partial charge in [0.1, 0.15) is 41.3 Å². The molecule has 6 heterocycles. The van der Waals surface area contributed by atoms with Gasteiger partial charge in [0.05, 0.1) is 41.2 Å². The van der Waals surface area contributed by atoms with E-state index in [0.29, 0.717) is 38.1 Å². The van der Waals surface area contributed by atoms with Crippen molar-refractivity contribution < 1.29 is 28.7 Å². The van der Waals surface area contributed by atoms with Crippen LogP contribution in [0.15, 0.2) is 89.4 Å². The van der Waals surface area contributed by atoms with Crippen LogP contribution in [0.25, 0.3) is 27.3 Å². The first-order chi connectivity index (χ1) is 32.3. The number of piperazine rings is 1. The molecular formula is C50H60N10O6S. The van der Waals surface area contributed by atoms with E-state index in [4.69, 9.17) is 9.40 Å². The zero-order valence-electron chi connectivity index (χ0n) is 38.7. The number of carbonyl (C=O) groups excluding carboxylic acids is 4. The second-order valence-corrected chi connectivity index (χ2v) is 19.5. The fourth-order valence-electron chi connectivity index (χ4n) is 9.14. The molecule has 2 saturated heterocycles. The standard InChI is InChI=1S/C50H60N10O6S/c1-33-46(67-32-54-33)36-15-13-34(14-16-36)27-53-48(64)40-26-38(61)30-59(40)49(65)44(50(2,3)4)41(62)11-7-5-6-8-12-43(63)58-23-21-57(22-24-58)37-19-17-35(18-20-37)45-47-56-55-31-60(47)42(29-52-45)51-28-39-10-9-25-66-39/h9-10,13-20,25,29,31-32,38,40,44,51,61H,5-8,11-12,21-24,26-28,30H2,1-4H3,(H,53,64)/t38-,40+,44+/m1/s1. The Bertz CT molecular complexity index is 2630. The molecule has 67 heavy (non-hydrogen) atoms. The third-order valence-corrected chi connectivity index (χ3v) is 13.8. The smallest absolute Gasteiger partial charge is 0.243 e. The van der Waals surface area contributed by atoms with Crippen molar-refractivity contribution in [2.45, 2.75) is 97.9 Å². The van der Waals surface area contributed by atoms with Gasteiger partial charge in [0.25, 0.3) is 0 Å². The molecular weight excluding hydrogens is 869 g/mol. The fourth-order valence-corrected chi connectivity index (χ4v) is 9.95. The van der Waals surface area contributed by atoms with Crippen LogP contribution in [0.3, 0.4) is 0 Å². The number of hydrogen-bond acceptors (Lipinski definition) is 13. The largest absolute Gasteiger partial charge is 0.467 e. The van der Waals surface area contributed by atoms with Gasteiger partial charge in [0, 0.05) is 69.8 Å². The molecule has 8 rings (SSSR count). The third-order valence-electron chi connectivity index (χ3n) is 12.8. The predicted octanol–water partition coefficient (Wildman–Crippen LogP) is 6.93. The first-order valence-corrected chi connectivity index (χ1v) is 24.1. The molecule has 3 N–H and O–H groups in total. The monoisotopic (exact) mass is 928 g/mol. The molecule has 0 bridgehead atoms. The van der Waals surface area contributed by atoms with Crippen molar-refractivity contribution in [1.82, 2.24) is 39.7 Å². The number of nitrogens with zero attached hydrogens (tertiary/aromatic N) is 8. The quantitative estimate of drug-likeness (QED) is 0.0596.